The van der Waals surface area contributed by atoms with Crippen LogP contribution in [0.15, 0.2) is 235 Å². The summed E-state index contributed by atoms with van der Waals surface area (Å²) in [6.45, 7) is 4.71. The van der Waals surface area contributed by atoms with Crippen LogP contribution in [0.5, 0.6) is 0 Å². The van der Waals surface area contributed by atoms with E-state index in [1.807, 2.05) is 0 Å². The molecule has 10 aromatic carbocycles. The summed E-state index contributed by atoms with van der Waals surface area (Å²) in [7, 11) is 0. The SMILES string of the molecule is CC1(C)c2ccccc2-c2ccc(N(c3ccc(-c4ccc(-c5cc6c7ccccc7oc6c6c5c5ccccc5n6-c5ccccc5)cc4)cc3)c3ccccc3-c3ccccc3)cc21. The minimum absolute atomic E-state index is 0.120. The average molecular weight is 845 g/mol. The third kappa shape index (κ3) is 5.83. The fourth-order valence-electron chi connectivity index (χ4n) is 10.8. The smallest absolute Gasteiger partial charge is 0.160 e. The van der Waals surface area contributed by atoms with E-state index < -0.39 is 0 Å². The molecular weight excluding hydrogens is 801 g/mol. The van der Waals surface area contributed by atoms with Gasteiger partial charge in [0.1, 0.15) is 5.58 Å². The zero-order valence-electron chi connectivity index (χ0n) is 36.7. The third-order valence-corrected chi connectivity index (χ3v) is 14.0. The van der Waals surface area contributed by atoms with E-state index in [1.165, 1.54) is 49.7 Å². The molecular formula is C63H44N2O. The van der Waals surface area contributed by atoms with Crippen LogP contribution in [-0.4, -0.2) is 4.57 Å². The molecule has 12 aromatic rings. The number of aromatic nitrogens is 1. The number of hydrogen-bond donors (Lipinski definition) is 0. The van der Waals surface area contributed by atoms with Crippen molar-refractivity contribution in [1.29, 1.82) is 0 Å². The first kappa shape index (κ1) is 38.1. The van der Waals surface area contributed by atoms with Crippen LogP contribution in [0.25, 0.3) is 93.9 Å². The summed E-state index contributed by atoms with van der Waals surface area (Å²) in [5, 5.41) is 4.62. The van der Waals surface area contributed by atoms with Gasteiger partial charge in [-0.2, -0.15) is 0 Å². The third-order valence-electron chi connectivity index (χ3n) is 14.0. The van der Waals surface area contributed by atoms with Crippen molar-refractivity contribution in [2.45, 2.75) is 19.3 Å². The number of furan rings is 1. The van der Waals surface area contributed by atoms with Crippen LogP contribution in [0, 0.1) is 0 Å². The van der Waals surface area contributed by atoms with Gasteiger partial charge < -0.3 is 13.9 Å². The monoisotopic (exact) mass is 844 g/mol. The Hall–Kier alpha value is -8.40. The molecule has 3 heteroatoms. The summed E-state index contributed by atoms with van der Waals surface area (Å²) in [5.74, 6) is 0. The lowest BCUT2D eigenvalue weighted by molar-refractivity contribution is 0.660. The maximum Gasteiger partial charge on any atom is 0.160 e. The Labute approximate surface area is 384 Å². The molecule has 0 amide bonds. The van der Waals surface area contributed by atoms with Crippen molar-refractivity contribution in [2.75, 3.05) is 4.90 Å². The lowest BCUT2D eigenvalue weighted by atomic mass is 9.82. The quantitative estimate of drug-likeness (QED) is 0.159. The molecule has 0 spiro atoms. The Balaban J connectivity index is 0.930. The number of fused-ring (bicyclic) bond motifs is 10. The van der Waals surface area contributed by atoms with Crippen molar-refractivity contribution in [2.24, 2.45) is 0 Å². The van der Waals surface area contributed by atoms with Gasteiger partial charge in [-0.3, -0.25) is 0 Å². The van der Waals surface area contributed by atoms with Crippen LogP contribution in [0.2, 0.25) is 0 Å². The van der Waals surface area contributed by atoms with Gasteiger partial charge in [-0.05, 0) is 111 Å². The molecule has 0 unspecified atom stereocenters. The van der Waals surface area contributed by atoms with E-state index in [9.17, 15) is 0 Å². The highest BCUT2D eigenvalue weighted by Gasteiger charge is 2.36. The van der Waals surface area contributed by atoms with Crippen molar-refractivity contribution >= 4 is 60.8 Å². The van der Waals surface area contributed by atoms with Crippen LogP contribution in [-0.2, 0) is 5.41 Å². The number of benzene rings is 10. The van der Waals surface area contributed by atoms with Gasteiger partial charge in [-0.25, -0.2) is 0 Å². The van der Waals surface area contributed by atoms with Crippen molar-refractivity contribution in [3.05, 3.63) is 242 Å². The molecule has 312 valence electrons. The van der Waals surface area contributed by atoms with Crippen molar-refractivity contribution in [3.8, 4) is 50.2 Å². The highest BCUT2D eigenvalue weighted by molar-refractivity contribution is 6.26. The number of nitrogens with zero attached hydrogens (tertiary/aromatic N) is 2. The average Bonchev–Trinajstić information content (AvgIpc) is 4.00. The minimum atomic E-state index is -0.120. The van der Waals surface area contributed by atoms with Crippen LogP contribution in [0.3, 0.4) is 0 Å². The van der Waals surface area contributed by atoms with E-state index in [0.717, 1.165) is 72.4 Å². The van der Waals surface area contributed by atoms with Gasteiger partial charge in [0, 0.05) is 49.6 Å². The molecule has 2 aromatic heterocycles. The second-order valence-corrected chi connectivity index (χ2v) is 18.1. The number of hydrogen-bond acceptors (Lipinski definition) is 2. The summed E-state index contributed by atoms with van der Waals surface area (Å²) < 4.78 is 9.13. The predicted octanol–water partition coefficient (Wildman–Crippen LogP) is 17.5. The zero-order chi connectivity index (χ0) is 43.9. The fraction of sp³-hybridized carbons (Fsp3) is 0.0476. The van der Waals surface area contributed by atoms with E-state index in [-0.39, 0.29) is 5.41 Å². The van der Waals surface area contributed by atoms with E-state index in [4.69, 9.17) is 4.42 Å². The van der Waals surface area contributed by atoms with Gasteiger partial charge in [0.25, 0.3) is 0 Å². The first-order valence-corrected chi connectivity index (χ1v) is 22.8. The lowest BCUT2D eigenvalue weighted by Crippen LogP contribution is -2.16. The Morgan fingerprint density at radius 2 is 0.985 bits per heavy atom. The summed E-state index contributed by atoms with van der Waals surface area (Å²) in [6, 6.07) is 83.7. The van der Waals surface area contributed by atoms with Crippen LogP contribution in [0.4, 0.5) is 17.1 Å². The second-order valence-electron chi connectivity index (χ2n) is 18.1. The molecule has 1 aliphatic rings. The van der Waals surface area contributed by atoms with Crippen molar-refractivity contribution in [3.63, 3.8) is 0 Å². The van der Waals surface area contributed by atoms with Gasteiger partial charge in [0.15, 0.2) is 5.58 Å². The number of rotatable bonds is 7. The Bertz CT molecular complexity index is 3820. The first-order valence-electron chi connectivity index (χ1n) is 22.8. The molecule has 0 bridgehead atoms. The fourth-order valence-corrected chi connectivity index (χ4v) is 10.8. The lowest BCUT2D eigenvalue weighted by Gasteiger charge is -2.30. The zero-order valence-corrected chi connectivity index (χ0v) is 36.7. The summed E-state index contributed by atoms with van der Waals surface area (Å²) in [6.07, 6.45) is 0. The van der Waals surface area contributed by atoms with E-state index >= 15 is 0 Å². The van der Waals surface area contributed by atoms with Crippen molar-refractivity contribution in [1.82, 2.24) is 4.57 Å². The highest BCUT2D eigenvalue weighted by atomic mass is 16.3. The van der Waals surface area contributed by atoms with E-state index in [1.54, 1.807) is 0 Å². The normalized spacial score (nSPS) is 12.8. The molecule has 2 heterocycles. The molecule has 1 aliphatic carbocycles. The second kappa shape index (κ2) is 14.8. The Morgan fingerprint density at radius 3 is 1.77 bits per heavy atom. The Morgan fingerprint density at radius 1 is 0.409 bits per heavy atom. The van der Waals surface area contributed by atoms with Crippen LogP contribution < -0.4 is 4.90 Å². The standard InChI is InChI=1S/C63H44N2O/c1-63(2)55-25-13-9-22-49(55)50-38-37-47(39-56(50)63)64(57-26-14-10-21-48(57)43-17-5-3-6-18-43)46-35-33-42(34-36-46)41-29-31-44(32-30-41)53-40-54-51-23-12-16-28-59(51)66-62(54)61-60(53)52-24-11-15-27-58(52)65(61)45-19-7-4-8-20-45/h3-40H,1-2H3. The van der Waals surface area contributed by atoms with E-state index in [2.05, 4.69) is 254 Å². The number of anilines is 3. The van der Waals surface area contributed by atoms with Crippen LogP contribution in [0.1, 0.15) is 25.0 Å². The van der Waals surface area contributed by atoms with Gasteiger partial charge in [-0.15, -0.1) is 0 Å². The molecule has 0 fully saturated rings. The van der Waals surface area contributed by atoms with Gasteiger partial charge in [-0.1, -0.05) is 184 Å². The summed E-state index contributed by atoms with van der Waals surface area (Å²) in [5.41, 5.74) is 20.8. The van der Waals surface area contributed by atoms with Gasteiger partial charge in [0.2, 0.25) is 0 Å². The molecule has 0 saturated carbocycles. The van der Waals surface area contributed by atoms with Gasteiger partial charge >= 0.3 is 0 Å². The molecule has 0 atom stereocenters. The van der Waals surface area contributed by atoms with Crippen LogP contribution >= 0.6 is 0 Å². The molecule has 3 nitrogen and oxygen atoms in total. The topological polar surface area (TPSA) is 21.3 Å². The molecule has 13 rings (SSSR count). The molecule has 0 aliphatic heterocycles. The molecule has 0 saturated heterocycles. The maximum absolute atomic E-state index is 6.75. The Kier molecular flexibility index (Phi) is 8.56. The first-order chi connectivity index (χ1) is 32.5. The molecule has 66 heavy (non-hydrogen) atoms. The highest BCUT2D eigenvalue weighted by Crippen LogP contribution is 2.52. The number of para-hydroxylation sites is 4. The summed E-state index contributed by atoms with van der Waals surface area (Å²) >= 11 is 0. The minimum Gasteiger partial charge on any atom is -0.454 e. The largest absolute Gasteiger partial charge is 0.454 e. The molecule has 0 N–H and O–H groups in total. The maximum atomic E-state index is 6.75. The van der Waals surface area contributed by atoms with E-state index in [0.29, 0.717) is 0 Å². The van der Waals surface area contributed by atoms with Gasteiger partial charge in [0.05, 0.1) is 16.7 Å². The molecule has 0 radical (unpaired) electrons. The predicted molar refractivity (Wildman–Crippen MR) is 277 cm³/mol. The van der Waals surface area contributed by atoms with Crippen molar-refractivity contribution < 1.29 is 4.42 Å². The summed E-state index contributed by atoms with van der Waals surface area (Å²) in [4.78, 5) is 2.43.